The molecule has 4 aromatic rings. The van der Waals surface area contributed by atoms with Gasteiger partial charge in [-0.05, 0) is 71.8 Å². The third-order valence-electron chi connectivity index (χ3n) is 7.33. The minimum atomic E-state index is -1.08. The van der Waals surface area contributed by atoms with E-state index in [9.17, 15) is 0 Å². The second-order valence-corrected chi connectivity index (χ2v) is 10.9. The Morgan fingerprint density at radius 2 is 1.24 bits per heavy atom. The summed E-state index contributed by atoms with van der Waals surface area (Å²) in [5, 5.41) is 23.8. The zero-order valence-corrected chi connectivity index (χ0v) is 26.4. The minimum absolute atomic E-state index is 0.0745. The van der Waals surface area contributed by atoms with Crippen molar-refractivity contribution in [2.45, 2.75) is 13.8 Å². The zero-order chi connectivity index (χ0) is 33.0. The van der Waals surface area contributed by atoms with Gasteiger partial charge in [-0.25, -0.2) is 0 Å². The number of benzene rings is 4. The van der Waals surface area contributed by atoms with Crippen LogP contribution >= 0.6 is 0 Å². The van der Waals surface area contributed by atoms with Gasteiger partial charge in [0, 0.05) is 48.5 Å². The van der Waals surface area contributed by atoms with Crippen molar-refractivity contribution in [3.8, 4) is 0 Å². The number of carboxylic acid groups (broad SMARTS) is 2. The highest BCUT2D eigenvalue weighted by Gasteiger charge is 2.28. The van der Waals surface area contributed by atoms with Crippen molar-refractivity contribution in [1.29, 1.82) is 0 Å². The number of para-hydroxylation sites is 1. The van der Waals surface area contributed by atoms with E-state index in [1.54, 1.807) is 0 Å². The average Bonchev–Trinajstić information content (AvgIpc) is 3.03. The Morgan fingerprint density at radius 1 is 0.733 bits per heavy atom. The first-order chi connectivity index (χ1) is 21.5. The van der Waals surface area contributed by atoms with Gasteiger partial charge in [0.15, 0.2) is 0 Å². The Kier molecular flexibility index (Phi) is 12.2. The molecular formula is C37H42N4O4. The molecular weight excluding hydrogens is 564 g/mol. The van der Waals surface area contributed by atoms with Crippen molar-refractivity contribution >= 4 is 45.3 Å². The number of fused-ring (bicyclic) bond motifs is 1. The molecule has 0 saturated carbocycles. The summed E-state index contributed by atoms with van der Waals surface area (Å²) in [5.74, 6) is -2.17. The van der Waals surface area contributed by atoms with Gasteiger partial charge in [-0.15, -0.1) is 0 Å². The number of allylic oxidation sites excluding steroid dienone is 3. The molecule has 1 aliphatic carbocycles. The van der Waals surface area contributed by atoms with Crippen molar-refractivity contribution in [2.75, 3.05) is 37.4 Å². The number of aliphatic carboxylic acids is 2. The number of hydrogen-bond acceptors (Lipinski definition) is 6. The molecule has 0 aromatic heterocycles. The highest BCUT2D eigenvalue weighted by molar-refractivity contribution is 6.05. The van der Waals surface area contributed by atoms with Gasteiger partial charge in [-0.2, -0.15) is 0 Å². The Bertz CT molecular complexity index is 1650. The Labute approximate surface area is 265 Å². The first kappa shape index (κ1) is 34.3. The molecule has 0 radical (unpaired) electrons. The van der Waals surface area contributed by atoms with E-state index in [-0.39, 0.29) is 5.41 Å². The normalized spacial score (nSPS) is 12.7. The van der Waals surface area contributed by atoms with Crippen molar-refractivity contribution in [2.24, 2.45) is 5.41 Å². The van der Waals surface area contributed by atoms with Crippen LogP contribution in [0.3, 0.4) is 0 Å². The van der Waals surface area contributed by atoms with Crippen LogP contribution in [-0.4, -0.2) is 39.1 Å². The maximum atomic E-state index is 8.89. The van der Waals surface area contributed by atoms with Crippen molar-refractivity contribution in [1.82, 2.24) is 0 Å². The second-order valence-electron chi connectivity index (χ2n) is 10.9. The first-order valence-corrected chi connectivity index (χ1v) is 14.7. The van der Waals surface area contributed by atoms with E-state index in [4.69, 9.17) is 19.8 Å². The van der Waals surface area contributed by atoms with E-state index in [0.29, 0.717) is 0 Å². The fraction of sp³-hybridized carbons (Fsp3) is 0.189. The molecule has 1 aliphatic rings. The molecule has 234 valence electrons. The number of quaternary nitrogens is 2. The van der Waals surface area contributed by atoms with E-state index < -0.39 is 11.9 Å². The molecule has 0 fully saturated rings. The van der Waals surface area contributed by atoms with Crippen LogP contribution in [0.4, 0.5) is 17.1 Å². The van der Waals surface area contributed by atoms with E-state index in [0.717, 1.165) is 38.3 Å². The van der Waals surface area contributed by atoms with Gasteiger partial charge in [-0.3, -0.25) is 0 Å². The van der Waals surface area contributed by atoms with Gasteiger partial charge in [0.2, 0.25) is 0 Å². The van der Waals surface area contributed by atoms with Gasteiger partial charge in [0.05, 0.1) is 13.1 Å². The summed E-state index contributed by atoms with van der Waals surface area (Å²) in [6, 6.07) is 32.3. The Balaban J connectivity index is 0.000000619. The minimum Gasteiger partial charge on any atom is -0.550 e. The monoisotopic (exact) mass is 606 g/mol. The first-order valence-electron chi connectivity index (χ1n) is 14.7. The number of nitrogens with zero attached hydrogens (tertiary/aromatic N) is 1. The summed E-state index contributed by atoms with van der Waals surface area (Å²) in [6.45, 7) is 3.54. The number of carbonyl (C=O) groups is 2. The van der Waals surface area contributed by atoms with Crippen LogP contribution in [-0.2, 0) is 9.59 Å². The van der Waals surface area contributed by atoms with Crippen molar-refractivity contribution in [3.05, 3.63) is 132 Å². The van der Waals surface area contributed by atoms with Crippen molar-refractivity contribution in [3.63, 3.8) is 0 Å². The molecule has 0 unspecified atom stereocenters. The number of carbonyl (C=O) groups excluding carboxylic acids is 2. The number of anilines is 3. The summed E-state index contributed by atoms with van der Waals surface area (Å²) in [5.41, 5.74) is 16.5. The number of carboxylic acids is 2. The van der Waals surface area contributed by atoms with Gasteiger partial charge in [-0.1, -0.05) is 85.0 Å². The van der Waals surface area contributed by atoms with Crippen LogP contribution in [0.2, 0.25) is 0 Å². The highest BCUT2D eigenvalue weighted by Crippen LogP contribution is 2.39. The highest BCUT2D eigenvalue weighted by atomic mass is 16.4. The van der Waals surface area contributed by atoms with Crippen LogP contribution in [0.25, 0.3) is 16.3 Å². The summed E-state index contributed by atoms with van der Waals surface area (Å²) in [6.07, 6.45) is 9.08. The van der Waals surface area contributed by atoms with E-state index in [1.165, 1.54) is 38.7 Å². The lowest BCUT2D eigenvalue weighted by molar-refractivity contribution is -0.429. The fourth-order valence-corrected chi connectivity index (χ4v) is 4.95. The largest absolute Gasteiger partial charge is 0.550 e. The molecule has 0 bridgehead atoms. The van der Waals surface area contributed by atoms with Crippen LogP contribution < -0.4 is 31.9 Å². The molecule has 4 aromatic carbocycles. The third kappa shape index (κ3) is 9.40. The number of nitrogens with one attached hydrogen (secondary N) is 1. The summed E-state index contributed by atoms with van der Waals surface area (Å²) < 4.78 is 0. The predicted octanol–water partition coefficient (Wildman–Crippen LogP) is 2.56. The van der Waals surface area contributed by atoms with E-state index in [2.05, 4.69) is 145 Å². The molecule has 8 nitrogen and oxygen atoms in total. The summed E-state index contributed by atoms with van der Waals surface area (Å²) in [4.78, 5) is 19.9. The molecule has 0 aliphatic heterocycles. The summed E-state index contributed by atoms with van der Waals surface area (Å²) in [7, 11) is 4.15. The topological polar surface area (TPSA) is 151 Å². The third-order valence-corrected chi connectivity index (χ3v) is 7.33. The standard InChI is InChI=1S/C33H34N4.2C2H4O2/c1-37(2)27-14-12-24(13-15-27)32(25-18-20-33(22-34,23-35)21-19-25)30-16-17-31(29-11-7-6-10-28(29)30)36-26-8-4-3-5-9-26;2*1-2(3)4/h3-21,36H,22-23,34-35H2,1-2H3;2*1H3,(H,3,4). The maximum absolute atomic E-state index is 8.89. The van der Waals surface area contributed by atoms with E-state index >= 15 is 0 Å². The summed E-state index contributed by atoms with van der Waals surface area (Å²) >= 11 is 0. The molecule has 0 atom stereocenters. The van der Waals surface area contributed by atoms with Crippen LogP contribution in [0, 0.1) is 5.41 Å². The molecule has 0 saturated heterocycles. The molecule has 7 N–H and O–H groups in total. The average molecular weight is 607 g/mol. The zero-order valence-electron chi connectivity index (χ0n) is 26.4. The molecule has 0 amide bonds. The predicted molar refractivity (Wildman–Crippen MR) is 178 cm³/mol. The Morgan fingerprint density at radius 3 is 1.76 bits per heavy atom. The smallest absolute Gasteiger partial charge is 0.105 e. The van der Waals surface area contributed by atoms with Crippen molar-refractivity contribution < 1.29 is 31.3 Å². The van der Waals surface area contributed by atoms with Crippen LogP contribution in [0.15, 0.2) is 121 Å². The van der Waals surface area contributed by atoms with Gasteiger partial charge >= 0.3 is 0 Å². The quantitative estimate of drug-likeness (QED) is 0.294. The molecule has 8 heteroatoms. The Hall–Kier alpha value is -5.18. The van der Waals surface area contributed by atoms with Gasteiger partial charge in [0.25, 0.3) is 0 Å². The SMILES string of the molecule is CC(=O)[O-].CC(=O)[O-].CN(C)c1ccc(C(=C2C=CC(C[NH3+])(C[NH3+])C=C2)c2ccc(Nc3ccccc3)c3ccccc23)cc1. The second kappa shape index (κ2) is 16.0. The van der Waals surface area contributed by atoms with Crippen LogP contribution in [0.5, 0.6) is 0 Å². The van der Waals surface area contributed by atoms with Gasteiger partial charge < -0.3 is 41.5 Å². The molecule has 0 heterocycles. The maximum Gasteiger partial charge on any atom is 0.105 e. The van der Waals surface area contributed by atoms with Gasteiger partial charge in [0.1, 0.15) is 5.41 Å². The number of hydrogen-bond donors (Lipinski definition) is 3. The van der Waals surface area contributed by atoms with Crippen LogP contribution in [0.1, 0.15) is 25.0 Å². The lowest BCUT2D eigenvalue weighted by Crippen LogP contribution is -2.66. The molecule has 45 heavy (non-hydrogen) atoms. The molecule has 0 spiro atoms. The number of rotatable bonds is 7. The molecule has 5 rings (SSSR count). The lowest BCUT2D eigenvalue weighted by atomic mass is 9.80. The van der Waals surface area contributed by atoms with E-state index in [1.807, 2.05) is 6.07 Å². The lowest BCUT2D eigenvalue weighted by Gasteiger charge is -2.24. The fourth-order valence-electron chi connectivity index (χ4n) is 4.95.